The Hall–Kier alpha value is -1.10. The van der Waals surface area contributed by atoms with E-state index in [0.717, 1.165) is 19.4 Å². The average molecular weight is 267 g/mol. The van der Waals surface area contributed by atoms with Gasteiger partial charge in [0.05, 0.1) is 19.3 Å². The number of carbonyl (C=O) groups excluding carboxylic acids is 2. The number of ether oxygens (including phenoxy) is 1. The van der Waals surface area contributed by atoms with Crippen LogP contribution in [0.25, 0.3) is 0 Å². The Kier molecular flexibility index (Phi) is 3.25. The molecule has 5 heteroatoms. The topological polar surface area (TPSA) is 66.8 Å². The first-order valence-electron chi connectivity index (χ1n) is 7.16. The largest absolute Gasteiger partial charge is 0.469 e. The van der Waals surface area contributed by atoms with Gasteiger partial charge in [0.1, 0.15) is 0 Å². The van der Waals surface area contributed by atoms with E-state index < -0.39 is 0 Å². The zero-order valence-electron chi connectivity index (χ0n) is 11.2. The third-order valence-electron chi connectivity index (χ3n) is 5.17. The minimum absolute atomic E-state index is 0.0503. The summed E-state index contributed by atoms with van der Waals surface area (Å²) in [6.07, 6.45) is 3.04. The Bertz CT molecular complexity index is 395. The molecule has 0 aromatic rings. The zero-order chi connectivity index (χ0) is 13.6. The number of likely N-dealkylation sites (tertiary alicyclic amines) is 1. The molecule has 1 aliphatic heterocycles. The first-order valence-corrected chi connectivity index (χ1v) is 7.16. The summed E-state index contributed by atoms with van der Waals surface area (Å²) in [7, 11) is 1.36. The van der Waals surface area contributed by atoms with Crippen LogP contribution in [0.3, 0.4) is 0 Å². The number of methoxy groups -OCH3 is 1. The standard InChI is InChI=1S/C14H21NO4/c1-19-12(17)4-2-3-11(16)15-7-9-5-8-6-10(9)13(15)14(8)18/h8-10,13-14,18H,2-7H2,1H3/t8-,9-,10+,13+,14+/m0/s1. The number of hydrogen-bond donors (Lipinski definition) is 1. The fraction of sp³-hybridized carbons (Fsp3) is 0.857. The van der Waals surface area contributed by atoms with Crippen molar-refractivity contribution < 1.29 is 19.4 Å². The zero-order valence-corrected chi connectivity index (χ0v) is 11.2. The number of rotatable bonds is 4. The number of carbonyl (C=O) groups is 2. The fourth-order valence-corrected chi connectivity index (χ4v) is 4.33. The van der Waals surface area contributed by atoms with E-state index in [9.17, 15) is 14.7 Å². The Morgan fingerprint density at radius 3 is 2.74 bits per heavy atom. The summed E-state index contributed by atoms with van der Waals surface area (Å²) in [6.45, 7) is 0.806. The predicted molar refractivity (Wildman–Crippen MR) is 67.1 cm³/mol. The molecule has 2 aliphatic carbocycles. The van der Waals surface area contributed by atoms with Crippen LogP contribution in [0.1, 0.15) is 32.1 Å². The van der Waals surface area contributed by atoms with Crippen LogP contribution >= 0.6 is 0 Å². The third kappa shape index (κ3) is 2.04. The quantitative estimate of drug-likeness (QED) is 0.756. The van der Waals surface area contributed by atoms with Crippen molar-refractivity contribution in [3.8, 4) is 0 Å². The number of nitrogens with zero attached hydrogens (tertiary/aromatic N) is 1. The average Bonchev–Trinajstić information content (AvgIpc) is 2.99. The van der Waals surface area contributed by atoms with Gasteiger partial charge < -0.3 is 14.7 Å². The normalized spacial score (nSPS) is 38.8. The molecule has 3 aliphatic rings. The molecule has 0 aromatic carbocycles. The molecular formula is C14H21NO4. The van der Waals surface area contributed by atoms with Crippen molar-refractivity contribution in [2.45, 2.75) is 44.2 Å². The predicted octanol–water partition coefficient (Wildman–Crippen LogP) is 0.557. The van der Waals surface area contributed by atoms with Gasteiger partial charge in [-0.1, -0.05) is 0 Å². The highest BCUT2D eigenvalue weighted by atomic mass is 16.5. The summed E-state index contributed by atoms with van der Waals surface area (Å²) < 4.78 is 4.56. The number of hydrogen-bond acceptors (Lipinski definition) is 4. The van der Waals surface area contributed by atoms with Crippen molar-refractivity contribution in [1.29, 1.82) is 0 Å². The molecule has 5 nitrogen and oxygen atoms in total. The van der Waals surface area contributed by atoms with Crippen molar-refractivity contribution in [3.63, 3.8) is 0 Å². The van der Waals surface area contributed by atoms with Gasteiger partial charge in [0, 0.05) is 19.4 Å². The van der Waals surface area contributed by atoms with Gasteiger partial charge in [0.15, 0.2) is 0 Å². The van der Waals surface area contributed by atoms with Gasteiger partial charge in [-0.3, -0.25) is 9.59 Å². The molecule has 1 amide bonds. The summed E-state index contributed by atoms with van der Waals surface area (Å²) in [5.41, 5.74) is 0. The van der Waals surface area contributed by atoms with E-state index in [4.69, 9.17) is 0 Å². The Morgan fingerprint density at radius 2 is 2.05 bits per heavy atom. The fourth-order valence-electron chi connectivity index (χ4n) is 4.33. The summed E-state index contributed by atoms with van der Waals surface area (Å²) in [4.78, 5) is 25.1. The van der Waals surface area contributed by atoms with Crippen molar-refractivity contribution in [2.24, 2.45) is 17.8 Å². The van der Waals surface area contributed by atoms with Gasteiger partial charge in [0.25, 0.3) is 0 Å². The molecule has 1 heterocycles. The summed E-state index contributed by atoms with van der Waals surface area (Å²) in [5, 5.41) is 10.2. The Balaban J connectivity index is 1.55. The summed E-state index contributed by atoms with van der Waals surface area (Å²) >= 11 is 0. The molecule has 5 atom stereocenters. The lowest BCUT2D eigenvalue weighted by Crippen LogP contribution is -2.43. The molecule has 0 aromatic heterocycles. The van der Waals surface area contributed by atoms with Crippen LogP contribution < -0.4 is 0 Å². The van der Waals surface area contributed by atoms with Crippen LogP contribution in [0.2, 0.25) is 0 Å². The second-order valence-electron chi connectivity index (χ2n) is 6.11. The highest BCUT2D eigenvalue weighted by Crippen LogP contribution is 2.54. The van der Waals surface area contributed by atoms with Gasteiger partial charge in [-0.25, -0.2) is 0 Å². The maximum atomic E-state index is 12.2. The molecule has 2 saturated carbocycles. The molecule has 3 fully saturated rings. The highest BCUT2D eigenvalue weighted by Gasteiger charge is 2.59. The van der Waals surface area contributed by atoms with E-state index in [1.807, 2.05) is 4.90 Å². The van der Waals surface area contributed by atoms with Crippen molar-refractivity contribution in [3.05, 3.63) is 0 Å². The van der Waals surface area contributed by atoms with Gasteiger partial charge >= 0.3 is 5.97 Å². The Labute approximate surface area is 112 Å². The lowest BCUT2D eigenvalue weighted by atomic mass is 9.88. The third-order valence-corrected chi connectivity index (χ3v) is 5.17. The van der Waals surface area contributed by atoms with Crippen LogP contribution in [0.4, 0.5) is 0 Å². The molecule has 1 N–H and O–H groups in total. The SMILES string of the molecule is COC(=O)CCCC(=O)N1C[C@@H]2C[C@H]3C[C@H]2[C@@H]1[C@@H]3O. The second kappa shape index (κ2) is 4.78. The van der Waals surface area contributed by atoms with Crippen LogP contribution in [0.15, 0.2) is 0 Å². The lowest BCUT2D eigenvalue weighted by molar-refractivity contribution is -0.141. The summed E-state index contributed by atoms with van der Waals surface area (Å²) in [5.74, 6) is 1.35. The van der Waals surface area contributed by atoms with E-state index >= 15 is 0 Å². The van der Waals surface area contributed by atoms with Crippen molar-refractivity contribution in [1.82, 2.24) is 4.90 Å². The monoisotopic (exact) mass is 267 g/mol. The molecule has 1 saturated heterocycles. The van der Waals surface area contributed by atoms with Crippen LogP contribution in [-0.2, 0) is 14.3 Å². The number of amides is 1. The molecule has 0 radical (unpaired) electrons. The minimum Gasteiger partial charge on any atom is -0.469 e. The van der Waals surface area contributed by atoms with Crippen LogP contribution in [0.5, 0.6) is 0 Å². The number of fused-ring (bicyclic) bond motifs is 1. The molecule has 0 unspecified atom stereocenters. The van der Waals surface area contributed by atoms with Gasteiger partial charge in [-0.05, 0) is 37.0 Å². The van der Waals surface area contributed by atoms with Crippen molar-refractivity contribution in [2.75, 3.05) is 13.7 Å². The van der Waals surface area contributed by atoms with E-state index in [-0.39, 0.29) is 24.0 Å². The number of aliphatic hydroxyl groups is 1. The molecule has 2 bridgehead atoms. The molecule has 19 heavy (non-hydrogen) atoms. The smallest absolute Gasteiger partial charge is 0.305 e. The molecular weight excluding hydrogens is 246 g/mol. The molecule has 0 spiro atoms. The number of aliphatic hydroxyl groups excluding tert-OH is 1. The van der Waals surface area contributed by atoms with Gasteiger partial charge in [0.2, 0.25) is 5.91 Å². The molecule has 106 valence electrons. The first kappa shape index (κ1) is 12.9. The minimum atomic E-state index is -0.326. The van der Waals surface area contributed by atoms with Gasteiger partial charge in [-0.15, -0.1) is 0 Å². The van der Waals surface area contributed by atoms with E-state index in [1.165, 1.54) is 7.11 Å². The maximum absolute atomic E-state index is 12.2. The number of esters is 1. The summed E-state index contributed by atoms with van der Waals surface area (Å²) in [6, 6.07) is 0.0503. The van der Waals surface area contributed by atoms with Crippen molar-refractivity contribution >= 4 is 11.9 Å². The van der Waals surface area contributed by atoms with Gasteiger partial charge in [-0.2, -0.15) is 0 Å². The van der Waals surface area contributed by atoms with Crippen LogP contribution in [-0.4, -0.2) is 47.7 Å². The lowest BCUT2D eigenvalue weighted by Gasteiger charge is -2.28. The van der Waals surface area contributed by atoms with Crippen LogP contribution in [0, 0.1) is 17.8 Å². The maximum Gasteiger partial charge on any atom is 0.305 e. The van der Waals surface area contributed by atoms with E-state index in [0.29, 0.717) is 37.0 Å². The first-order chi connectivity index (χ1) is 9.11. The van der Waals surface area contributed by atoms with E-state index in [1.54, 1.807) is 0 Å². The van der Waals surface area contributed by atoms with E-state index in [2.05, 4.69) is 4.74 Å². The highest BCUT2D eigenvalue weighted by molar-refractivity contribution is 5.78. The molecule has 3 rings (SSSR count). The second-order valence-corrected chi connectivity index (χ2v) is 6.11. The Morgan fingerprint density at radius 1 is 1.26 bits per heavy atom.